The Balaban J connectivity index is 2.68. The van der Waals surface area contributed by atoms with Gasteiger partial charge in [-0.15, -0.1) is 0 Å². The Hall–Kier alpha value is 0.01000. The summed E-state index contributed by atoms with van der Waals surface area (Å²) in [6.45, 7) is 8.87. The zero-order valence-electron chi connectivity index (χ0n) is 10.4. The maximum absolute atomic E-state index is 3.55. The van der Waals surface area contributed by atoms with Crippen LogP contribution in [0.1, 0.15) is 45.7 Å². The molecule has 0 saturated carbocycles. The fourth-order valence-corrected chi connectivity index (χ4v) is 2.57. The second-order valence-corrected chi connectivity index (χ2v) is 7.43. The highest BCUT2D eigenvalue weighted by Crippen LogP contribution is 2.27. The molecule has 0 bridgehead atoms. The molecule has 1 aromatic rings. The third-order valence-electron chi connectivity index (χ3n) is 2.17. The summed E-state index contributed by atoms with van der Waals surface area (Å²) in [5.74, 6) is 0. The summed E-state index contributed by atoms with van der Waals surface area (Å²) in [5, 5.41) is 0. The molecule has 0 aromatic heterocycles. The van der Waals surface area contributed by atoms with Gasteiger partial charge in [-0.05, 0) is 44.9 Å². The minimum absolute atomic E-state index is 0.249. The van der Waals surface area contributed by atoms with E-state index in [9.17, 15) is 0 Å². The van der Waals surface area contributed by atoms with Crippen LogP contribution in [0.25, 0.3) is 0 Å². The minimum Gasteiger partial charge on any atom is -0.256 e. The molecule has 0 aliphatic heterocycles. The maximum atomic E-state index is 3.55. The van der Waals surface area contributed by atoms with E-state index in [1.165, 1.54) is 5.56 Å². The van der Waals surface area contributed by atoms with Crippen LogP contribution in [0.3, 0.4) is 0 Å². The Labute approximate surface area is 112 Å². The molecule has 0 spiro atoms. The van der Waals surface area contributed by atoms with E-state index in [1.807, 2.05) is 0 Å². The van der Waals surface area contributed by atoms with Gasteiger partial charge in [0.05, 0.1) is 0 Å². The van der Waals surface area contributed by atoms with Crippen molar-refractivity contribution in [1.82, 2.24) is 4.72 Å². The van der Waals surface area contributed by atoms with Crippen molar-refractivity contribution in [2.75, 3.05) is 0 Å². The first-order chi connectivity index (χ1) is 7.42. The quantitative estimate of drug-likeness (QED) is 0.791. The zero-order valence-corrected chi connectivity index (χ0v) is 12.8. The Kier molecular flexibility index (Phi) is 5.35. The van der Waals surface area contributed by atoms with Crippen molar-refractivity contribution in [1.29, 1.82) is 0 Å². The van der Waals surface area contributed by atoms with Crippen LogP contribution < -0.4 is 4.72 Å². The van der Waals surface area contributed by atoms with Gasteiger partial charge in [-0.1, -0.05) is 46.9 Å². The van der Waals surface area contributed by atoms with Gasteiger partial charge in [-0.3, -0.25) is 4.72 Å². The Morgan fingerprint density at radius 1 is 1.38 bits per heavy atom. The van der Waals surface area contributed by atoms with Crippen LogP contribution >= 0.6 is 27.9 Å². The fraction of sp³-hybridized carbons (Fsp3) is 0.538. The van der Waals surface area contributed by atoms with Gasteiger partial charge in [0.2, 0.25) is 0 Å². The lowest BCUT2D eigenvalue weighted by molar-refractivity contribution is 0.642. The molecule has 0 amide bonds. The summed E-state index contributed by atoms with van der Waals surface area (Å²) >= 11 is 5.32. The number of nitrogens with one attached hydrogen (secondary N) is 1. The topological polar surface area (TPSA) is 12.0 Å². The van der Waals surface area contributed by atoms with Gasteiger partial charge >= 0.3 is 0 Å². The second kappa shape index (κ2) is 6.08. The lowest BCUT2D eigenvalue weighted by Gasteiger charge is -2.23. The van der Waals surface area contributed by atoms with Crippen molar-refractivity contribution in [2.45, 2.75) is 44.9 Å². The van der Waals surface area contributed by atoms with Crippen molar-refractivity contribution >= 4 is 27.9 Å². The molecule has 0 unspecified atom stereocenters. The van der Waals surface area contributed by atoms with Crippen molar-refractivity contribution < 1.29 is 0 Å². The molecule has 3 heteroatoms. The van der Waals surface area contributed by atoms with Crippen LogP contribution in [-0.4, -0.2) is 4.75 Å². The molecular formula is C13H20BrNS. The van der Waals surface area contributed by atoms with E-state index in [-0.39, 0.29) is 4.75 Å². The first-order valence-electron chi connectivity index (χ1n) is 5.61. The third-order valence-corrected chi connectivity index (χ3v) is 3.67. The molecule has 0 saturated heterocycles. The standard InChI is InChI=1S/C13H20BrNS/c1-5-12(15-16-13(2,3)4)10-7-6-8-11(14)9-10/h6-9,12,15H,5H2,1-4H3/t12-/m1/s1. The normalized spacial score (nSPS) is 13.8. The van der Waals surface area contributed by atoms with E-state index < -0.39 is 0 Å². The summed E-state index contributed by atoms with van der Waals surface area (Å²) in [7, 11) is 0. The molecule has 1 atom stereocenters. The first-order valence-corrected chi connectivity index (χ1v) is 7.22. The number of benzene rings is 1. The summed E-state index contributed by atoms with van der Waals surface area (Å²) in [5.41, 5.74) is 1.34. The smallest absolute Gasteiger partial charge is 0.0419 e. The summed E-state index contributed by atoms with van der Waals surface area (Å²) in [6.07, 6.45) is 1.10. The van der Waals surface area contributed by atoms with Crippen molar-refractivity contribution in [3.8, 4) is 0 Å². The maximum Gasteiger partial charge on any atom is 0.0419 e. The molecule has 90 valence electrons. The molecule has 1 aromatic carbocycles. The summed E-state index contributed by atoms with van der Waals surface area (Å²) in [4.78, 5) is 0. The highest BCUT2D eigenvalue weighted by molar-refractivity contribution is 9.10. The predicted octanol–water partition coefficient (Wildman–Crippen LogP) is 4.94. The van der Waals surface area contributed by atoms with Gasteiger partial charge in [0, 0.05) is 15.3 Å². The number of hydrogen-bond acceptors (Lipinski definition) is 2. The van der Waals surface area contributed by atoms with Crippen LogP contribution in [-0.2, 0) is 0 Å². The van der Waals surface area contributed by atoms with Crippen LogP contribution in [0.5, 0.6) is 0 Å². The van der Waals surface area contributed by atoms with Crippen LogP contribution in [0, 0.1) is 0 Å². The number of hydrogen-bond donors (Lipinski definition) is 1. The van der Waals surface area contributed by atoms with Crippen molar-refractivity contribution in [2.24, 2.45) is 0 Å². The lowest BCUT2D eigenvalue weighted by atomic mass is 10.1. The van der Waals surface area contributed by atoms with Gasteiger partial charge in [0.1, 0.15) is 0 Å². The van der Waals surface area contributed by atoms with Crippen LogP contribution in [0.2, 0.25) is 0 Å². The van der Waals surface area contributed by atoms with Crippen LogP contribution in [0.15, 0.2) is 28.7 Å². The van der Waals surface area contributed by atoms with E-state index >= 15 is 0 Å². The third kappa shape index (κ3) is 4.89. The minimum atomic E-state index is 0.249. The van der Waals surface area contributed by atoms with Crippen LogP contribution in [0.4, 0.5) is 0 Å². The van der Waals surface area contributed by atoms with Gasteiger partial charge in [0.15, 0.2) is 0 Å². The Morgan fingerprint density at radius 3 is 2.56 bits per heavy atom. The SMILES string of the molecule is CC[C@@H](NSC(C)(C)C)c1cccc(Br)c1. The molecule has 0 radical (unpaired) electrons. The molecule has 0 fully saturated rings. The highest BCUT2D eigenvalue weighted by Gasteiger charge is 2.15. The number of rotatable bonds is 4. The molecule has 0 heterocycles. The molecule has 1 rings (SSSR count). The van der Waals surface area contributed by atoms with Gasteiger partial charge in [-0.25, -0.2) is 0 Å². The van der Waals surface area contributed by atoms with Crippen molar-refractivity contribution in [3.63, 3.8) is 0 Å². The Bertz CT molecular complexity index is 333. The van der Waals surface area contributed by atoms with Crippen molar-refractivity contribution in [3.05, 3.63) is 34.3 Å². The zero-order chi connectivity index (χ0) is 12.2. The Morgan fingerprint density at radius 2 is 2.06 bits per heavy atom. The van der Waals surface area contributed by atoms with E-state index in [0.29, 0.717) is 6.04 Å². The average Bonchev–Trinajstić information content (AvgIpc) is 2.17. The van der Waals surface area contributed by atoms with E-state index in [0.717, 1.165) is 10.9 Å². The lowest BCUT2D eigenvalue weighted by Crippen LogP contribution is -2.21. The number of halogens is 1. The molecule has 16 heavy (non-hydrogen) atoms. The van der Waals surface area contributed by atoms with E-state index in [2.05, 4.69) is 72.6 Å². The van der Waals surface area contributed by atoms with Gasteiger partial charge < -0.3 is 0 Å². The monoisotopic (exact) mass is 301 g/mol. The average molecular weight is 302 g/mol. The second-order valence-electron chi connectivity index (χ2n) is 4.85. The van der Waals surface area contributed by atoms with E-state index in [4.69, 9.17) is 0 Å². The summed E-state index contributed by atoms with van der Waals surface area (Å²) in [6, 6.07) is 8.93. The molecule has 0 aliphatic carbocycles. The largest absolute Gasteiger partial charge is 0.256 e. The predicted molar refractivity (Wildman–Crippen MR) is 77.7 cm³/mol. The highest BCUT2D eigenvalue weighted by atomic mass is 79.9. The molecular weight excluding hydrogens is 282 g/mol. The van der Waals surface area contributed by atoms with Gasteiger partial charge in [0.25, 0.3) is 0 Å². The molecule has 1 nitrogen and oxygen atoms in total. The first kappa shape index (κ1) is 14.1. The molecule has 0 aliphatic rings. The van der Waals surface area contributed by atoms with Gasteiger partial charge in [-0.2, -0.15) is 0 Å². The summed E-state index contributed by atoms with van der Waals surface area (Å²) < 4.78 is 4.94. The fourth-order valence-electron chi connectivity index (χ4n) is 1.36. The van der Waals surface area contributed by atoms with E-state index in [1.54, 1.807) is 11.9 Å². The molecule has 1 N–H and O–H groups in total.